The second kappa shape index (κ2) is 6.33. The SMILES string of the molecule is Cc1nn(C)c(CSc2ccc(CC(=O)O)cc2)c1Cl. The number of aromatic nitrogens is 2. The summed E-state index contributed by atoms with van der Waals surface area (Å²) in [6.07, 6.45) is 0.0533. The van der Waals surface area contributed by atoms with Gasteiger partial charge in [-0.15, -0.1) is 11.8 Å². The molecule has 0 saturated heterocycles. The summed E-state index contributed by atoms with van der Waals surface area (Å²) in [5, 5.41) is 13.7. The summed E-state index contributed by atoms with van der Waals surface area (Å²) in [6, 6.07) is 7.54. The van der Waals surface area contributed by atoms with E-state index >= 15 is 0 Å². The molecule has 1 aromatic heterocycles. The topological polar surface area (TPSA) is 55.1 Å². The first kappa shape index (κ1) is 14.9. The van der Waals surface area contributed by atoms with Crippen LogP contribution in [0.25, 0.3) is 0 Å². The summed E-state index contributed by atoms with van der Waals surface area (Å²) in [7, 11) is 1.88. The Bertz CT molecular complexity index is 623. The standard InChI is InChI=1S/C14H15ClN2O2S/c1-9-14(15)12(17(2)16-9)8-20-11-5-3-10(4-6-11)7-13(18)19/h3-6H,7-8H2,1-2H3,(H,18,19). The van der Waals surface area contributed by atoms with E-state index in [0.717, 1.165) is 27.6 Å². The van der Waals surface area contributed by atoms with E-state index in [1.807, 2.05) is 38.2 Å². The Hall–Kier alpha value is -1.46. The third-order valence-electron chi connectivity index (χ3n) is 2.92. The zero-order valence-corrected chi connectivity index (χ0v) is 12.8. The number of aliphatic carboxylic acids is 1. The van der Waals surface area contributed by atoms with Crippen molar-refractivity contribution in [2.75, 3.05) is 0 Å². The van der Waals surface area contributed by atoms with Crippen molar-refractivity contribution in [2.45, 2.75) is 24.0 Å². The van der Waals surface area contributed by atoms with E-state index in [-0.39, 0.29) is 6.42 Å². The van der Waals surface area contributed by atoms with Crippen LogP contribution in [-0.2, 0) is 24.0 Å². The molecule has 0 amide bonds. The van der Waals surface area contributed by atoms with Crippen molar-refractivity contribution in [3.8, 4) is 0 Å². The second-order valence-corrected chi connectivity index (χ2v) is 5.90. The van der Waals surface area contributed by atoms with Crippen LogP contribution in [0.15, 0.2) is 29.2 Å². The molecule has 1 N–H and O–H groups in total. The number of nitrogens with zero attached hydrogens (tertiary/aromatic N) is 2. The number of benzene rings is 1. The normalized spacial score (nSPS) is 10.8. The number of carboxylic acid groups (broad SMARTS) is 1. The first-order valence-electron chi connectivity index (χ1n) is 6.09. The number of halogens is 1. The van der Waals surface area contributed by atoms with Crippen molar-refractivity contribution in [1.82, 2.24) is 9.78 Å². The lowest BCUT2D eigenvalue weighted by Crippen LogP contribution is -1.99. The van der Waals surface area contributed by atoms with Crippen LogP contribution >= 0.6 is 23.4 Å². The van der Waals surface area contributed by atoms with Crippen molar-refractivity contribution in [3.63, 3.8) is 0 Å². The van der Waals surface area contributed by atoms with E-state index in [1.54, 1.807) is 16.4 Å². The Balaban J connectivity index is 2.02. The molecule has 106 valence electrons. The third-order valence-corrected chi connectivity index (χ3v) is 4.43. The van der Waals surface area contributed by atoms with Crippen LogP contribution in [-0.4, -0.2) is 20.9 Å². The van der Waals surface area contributed by atoms with E-state index in [0.29, 0.717) is 5.02 Å². The number of carboxylic acids is 1. The van der Waals surface area contributed by atoms with E-state index in [4.69, 9.17) is 16.7 Å². The molecule has 0 unspecified atom stereocenters. The number of rotatable bonds is 5. The molecule has 2 rings (SSSR count). The van der Waals surface area contributed by atoms with E-state index < -0.39 is 5.97 Å². The lowest BCUT2D eigenvalue weighted by Gasteiger charge is -2.04. The molecule has 2 aromatic rings. The fourth-order valence-electron chi connectivity index (χ4n) is 1.87. The van der Waals surface area contributed by atoms with Gasteiger partial charge in [-0.05, 0) is 24.6 Å². The highest BCUT2D eigenvalue weighted by atomic mass is 35.5. The molecular weight excluding hydrogens is 296 g/mol. The van der Waals surface area contributed by atoms with Crippen LogP contribution in [0.4, 0.5) is 0 Å². The minimum atomic E-state index is -0.817. The van der Waals surface area contributed by atoms with Crippen molar-refractivity contribution < 1.29 is 9.90 Å². The maximum absolute atomic E-state index is 10.6. The minimum Gasteiger partial charge on any atom is -0.481 e. The highest BCUT2D eigenvalue weighted by Crippen LogP contribution is 2.28. The summed E-state index contributed by atoms with van der Waals surface area (Å²) in [4.78, 5) is 11.7. The zero-order valence-electron chi connectivity index (χ0n) is 11.3. The van der Waals surface area contributed by atoms with Gasteiger partial charge < -0.3 is 5.11 Å². The summed E-state index contributed by atoms with van der Waals surface area (Å²) in [5.41, 5.74) is 2.63. The molecule has 0 aliphatic carbocycles. The maximum atomic E-state index is 10.6. The zero-order chi connectivity index (χ0) is 14.7. The number of thioether (sulfide) groups is 1. The lowest BCUT2D eigenvalue weighted by molar-refractivity contribution is -0.136. The average molecular weight is 311 g/mol. The molecule has 0 spiro atoms. The highest BCUT2D eigenvalue weighted by molar-refractivity contribution is 7.98. The minimum absolute atomic E-state index is 0.0533. The van der Waals surface area contributed by atoms with Crippen LogP contribution in [0.3, 0.4) is 0 Å². The quantitative estimate of drug-likeness (QED) is 0.861. The smallest absolute Gasteiger partial charge is 0.307 e. The van der Waals surface area contributed by atoms with Crippen molar-refractivity contribution >= 4 is 29.3 Å². The largest absolute Gasteiger partial charge is 0.481 e. The average Bonchev–Trinajstić information content (AvgIpc) is 2.62. The molecule has 0 saturated carbocycles. The van der Waals surface area contributed by atoms with Gasteiger partial charge in [-0.3, -0.25) is 9.48 Å². The van der Waals surface area contributed by atoms with Crippen molar-refractivity contribution in [2.24, 2.45) is 7.05 Å². The van der Waals surface area contributed by atoms with E-state index in [2.05, 4.69) is 5.10 Å². The first-order chi connectivity index (χ1) is 9.47. The molecule has 20 heavy (non-hydrogen) atoms. The molecule has 0 aliphatic rings. The fraction of sp³-hybridized carbons (Fsp3) is 0.286. The molecule has 4 nitrogen and oxygen atoms in total. The molecule has 0 fully saturated rings. The van der Waals surface area contributed by atoms with Gasteiger partial charge in [0.2, 0.25) is 0 Å². The molecule has 0 aliphatic heterocycles. The Morgan fingerprint density at radius 1 is 1.40 bits per heavy atom. The van der Waals surface area contributed by atoms with E-state index in [9.17, 15) is 4.79 Å². The Kier molecular flexibility index (Phi) is 4.73. The van der Waals surface area contributed by atoms with Gasteiger partial charge in [-0.25, -0.2) is 0 Å². The summed E-state index contributed by atoms with van der Waals surface area (Å²) < 4.78 is 1.80. The number of hydrogen-bond donors (Lipinski definition) is 1. The number of hydrogen-bond acceptors (Lipinski definition) is 3. The van der Waals surface area contributed by atoms with Crippen LogP contribution in [0, 0.1) is 6.92 Å². The Morgan fingerprint density at radius 3 is 2.55 bits per heavy atom. The van der Waals surface area contributed by atoms with E-state index in [1.165, 1.54) is 0 Å². The van der Waals surface area contributed by atoms with Gasteiger partial charge in [0.1, 0.15) is 0 Å². The maximum Gasteiger partial charge on any atom is 0.307 e. The molecule has 0 bridgehead atoms. The van der Waals surface area contributed by atoms with Gasteiger partial charge in [0.05, 0.1) is 22.8 Å². The monoisotopic (exact) mass is 310 g/mol. The van der Waals surface area contributed by atoms with Crippen LogP contribution < -0.4 is 0 Å². The predicted molar refractivity (Wildman–Crippen MR) is 80.3 cm³/mol. The molecule has 6 heteroatoms. The molecule has 1 aromatic carbocycles. The van der Waals surface area contributed by atoms with Crippen LogP contribution in [0.5, 0.6) is 0 Å². The molecule has 0 atom stereocenters. The third kappa shape index (κ3) is 3.55. The highest BCUT2D eigenvalue weighted by Gasteiger charge is 2.11. The Morgan fingerprint density at radius 2 is 2.05 bits per heavy atom. The van der Waals surface area contributed by atoms with Gasteiger partial charge in [0.25, 0.3) is 0 Å². The first-order valence-corrected chi connectivity index (χ1v) is 7.45. The van der Waals surface area contributed by atoms with Crippen molar-refractivity contribution in [1.29, 1.82) is 0 Å². The van der Waals surface area contributed by atoms with Gasteiger partial charge >= 0.3 is 5.97 Å². The predicted octanol–water partition coefficient (Wildman–Crippen LogP) is 3.30. The van der Waals surface area contributed by atoms with Gasteiger partial charge in [-0.1, -0.05) is 23.7 Å². The molecule has 0 radical (unpaired) electrons. The van der Waals surface area contributed by atoms with Crippen LogP contribution in [0.1, 0.15) is 17.0 Å². The number of aryl methyl sites for hydroxylation is 2. The van der Waals surface area contributed by atoms with Crippen molar-refractivity contribution in [3.05, 3.63) is 46.2 Å². The Labute approximate surface area is 126 Å². The van der Waals surface area contributed by atoms with Gasteiger partial charge in [-0.2, -0.15) is 5.10 Å². The lowest BCUT2D eigenvalue weighted by atomic mass is 10.2. The summed E-state index contributed by atoms with van der Waals surface area (Å²) in [6.45, 7) is 1.89. The molecule has 1 heterocycles. The molecular formula is C14H15ClN2O2S. The van der Waals surface area contributed by atoms with Gasteiger partial charge in [0.15, 0.2) is 0 Å². The summed E-state index contributed by atoms with van der Waals surface area (Å²) in [5.74, 6) is -0.0865. The summed E-state index contributed by atoms with van der Waals surface area (Å²) >= 11 is 7.85. The number of carbonyl (C=O) groups is 1. The van der Waals surface area contributed by atoms with Crippen LogP contribution in [0.2, 0.25) is 5.02 Å². The fourth-order valence-corrected chi connectivity index (χ4v) is 3.14. The van der Waals surface area contributed by atoms with Gasteiger partial charge in [0, 0.05) is 17.7 Å². The second-order valence-electron chi connectivity index (χ2n) is 4.47.